The molecule has 0 radical (unpaired) electrons. The second kappa shape index (κ2) is 6.25. The van der Waals surface area contributed by atoms with Crippen LogP contribution in [-0.2, 0) is 9.59 Å². The molecule has 0 fully saturated rings. The van der Waals surface area contributed by atoms with E-state index in [2.05, 4.69) is 5.32 Å². The quantitative estimate of drug-likeness (QED) is 0.537. The Morgan fingerprint density at radius 1 is 1.36 bits per heavy atom. The number of halogens is 2. The van der Waals surface area contributed by atoms with Gasteiger partial charge in [0.1, 0.15) is 6.10 Å². The van der Waals surface area contributed by atoms with Gasteiger partial charge in [-0.05, 0) is 0 Å². The molecule has 0 heterocycles. The number of carbonyl (C=O) groups excluding carboxylic acids is 2. The number of carbonyl (C=O) groups is 2. The van der Waals surface area contributed by atoms with Gasteiger partial charge in [0.15, 0.2) is 0 Å². The predicted octanol–water partition coefficient (Wildman–Crippen LogP) is -1.14. The minimum Gasteiger partial charge on any atom is -0.385 e. The number of aliphatic hydroxyl groups is 1. The standard InChI is InChI=1S/C7H12F2N2O3/c1-4(12)10-3-6(14)11-2-5(13)7(8)9/h5,7,13H,2-3H2,1H3,(H,10,12)(H,11,14). The van der Waals surface area contributed by atoms with Gasteiger partial charge in [0.25, 0.3) is 6.43 Å². The van der Waals surface area contributed by atoms with Crippen LogP contribution in [0.5, 0.6) is 0 Å². The van der Waals surface area contributed by atoms with Crippen molar-refractivity contribution in [1.82, 2.24) is 10.6 Å². The molecular weight excluding hydrogens is 198 g/mol. The molecule has 0 saturated heterocycles. The van der Waals surface area contributed by atoms with Crippen LogP contribution in [0.25, 0.3) is 0 Å². The summed E-state index contributed by atoms with van der Waals surface area (Å²) in [6.45, 7) is 0.405. The molecule has 0 aliphatic rings. The second-order valence-corrected chi connectivity index (χ2v) is 2.62. The predicted molar refractivity (Wildman–Crippen MR) is 43.7 cm³/mol. The smallest absolute Gasteiger partial charge is 0.265 e. The largest absolute Gasteiger partial charge is 0.385 e. The van der Waals surface area contributed by atoms with Crippen LogP contribution >= 0.6 is 0 Å². The molecule has 82 valence electrons. The summed E-state index contributed by atoms with van der Waals surface area (Å²) in [5, 5.41) is 12.8. The van der Waals surface area contributed by atoms with Crippen molar-refractivity contribution < 1.29 is 23.5 Å². The molecule has 1 unspecified atom stereocenters. The Bertz CT molecular complexity index is 211. The van der Waals surface area contributed by atoms with E-state index >= 15 is 0 Å². The summed E-state index contributed by atoms with van der Waals surface area (Å²) in [5.74, 6) is -1.02. The zero-order valence-corrected chi connectivity index (χ0v) is 7.59. The first kappa shape index (κ1) is 12.8. The van der Waals surface area contributed by atoms with Crippen molar-refractivity contribution in [3.8, 4) is 0 Å². The van der Waals surface area contributed by atoms with Gasteiger partial charge < -0.3 is 15.7 Å². The van der Waals surface area contributed by atoms with Crippen LogP contribution in [-0.4, -0.2) is 42.5 Å². The molecule has 0 aromatic carbocycles. The van der Waals surface area contributed by atoms with Crippen molar-refractivity contribution in [2.75, 3.05) is 13.1 Å². The monoisotopic (exact) mass is 210 g/mol. The molecule has 3 N–H and O–H groups in total. The maximum absolute atomic E-state index is 11.7. The number of hydrogen-bond acceptors (Lipinski definition) is 3. The summed E-state index contributed by atoms with van der Waals surface area (Å²) in [6, 6.07) is 0. The number of amides is 2. The highest BCUT2D eigenvalue weighted by Crippen LogP contribution is 1.97. The van der Waals surface area contributed by atoms with Gasteiger partial charge in [-0.2, -0.15) is 0 Å². The topological polar surface area (TPSA) is 78.4 Å². The van der Waals surface area contributed by atoms with Gasteiger partial charge in [0, 0.05) is 13.5 Å². The number of hydrogen-bond donors (Lipinski definition) is 3. The van der Waals surface area contributed by atoms with Crippen molar-refractivity contribution in [2.45, 2.75) is 19.5 Å². The van der Waals surface area contributed by atoms with Gasteiger partial charge in [-0.15, -0.1) is 0 Å². The molecule has 0 aromatic rings. The van der Waals surface area contributed by atoms with Gasteiger partial charge in [-0.25, -0.2) is 8.78 Å². The third-order valence-corrected chi connectivity index (χ3v) is 1.30. The lowest BCUT2D eigenvalue weighted by Crippen LogP contribution is -2.41. The summed E-state index contributed by atoms with van der Waals surface area (Å²) in [5.41, 5.74) is 0. The number of nitrogens with one attached hydrogen (secondary N) is 2. The molecular formula is C7H12F2N2O3. The van der Waals surface area contributed by atoms with Crippen molar-refractivity contribution in [3.63, 3.8) is 0 Å². The molecule has 0 bridgehead atoms. The average Bonchev–Trinajstić information content (AvgIpc) is 2.10. The zero-order chi connectivity index (χ0) is 11.1. The van der Waals surface area contributed by atoms with Crippen LogP contribution < -0.4 is 10.6 Å². The van der Waals surface area contributed by atoms with Gasteiger partial charge >= 0.3 is 0 Å². The van der Waals surface area contributed by atoms with Crippen molar-refractivity contribution >= 4 is 11.8 Å². The molecule has 0 saturated carbocycles. The fraction of sp³-hybridized carbons (Fsp3) is 0.714. The molecule has 7 heteroatoms. The second-order valence-electron chi connectivity index (χ2n) is 2.62. The van der Waals surface area contributed by atoms with Crippen molar-refractivity contribution in [1.29, 1.82) is 0 Å². The van der Waals surface area contributed by atoms with Gasteiger partial charge in [-0.1, -0.05) is 0 Å². The van der Waals surface area contributed by atoms with Gasteiger partial charge in [0.05, 0.1) is 6.54 Å². The maximum Gasteiger partial charge on any atom is 0.265 e. The molecule has 5 nitrogen and oxygen atoms in total. The van der Waals surface area contributed by atoms with Crippen LogP contribution in [0.15, 0.2) is 0 Å². The lowest BCUT2D eigenvalue weighted by molar-refractivity contribution is -0.125. The fourth-order valence-corrected chi connectivity index (χ4v) is 0.575. The Balaban J connectivity index is 3.58. The Labute approximate surface area is 79.5 Å². The van der Waals surface area contributed by atoms with E-state index in [0.29, 0.717) is 0 Å². The van der Waals surface area contributed by atoms with E-state index in [9.17, 15) is 18.4 Å². The van der Waals surface area contributed by atoms with E-state index in [4.69, 9.17) is 5.11 Å². The maximum atomic E-state index is 11.7. The molecule has 0 aliphatic heterocycles. The van der Waals surface area contributed by atoms with E-state index in [1.165, 1.54) is 6.92 Å². The van der Waals surface area contributed by atoms with Gasteiger partial charge in [0.2, 0.25) is 11.8 Å². The molecule has 0 rings (SSSR count). The Kier molecular flexibility index (Phi) is 5.70. The van der Waals surface area contributed by atoms with Crippen LogP contribution in [0.3, 0.4) is 0 Å². The fourth-order valence-electron chi connectivity index (χ4n) is 0.575. The van der Waals surface area contributed by atoms with E-state index < -0.39 is 30.9 Å². The highest BCUT2D eigenvalue weighted by Gasteiger charge is 2.17. The van der Waals surface area contributed by atoms with E-state index in [0.717, 1.165) is 0 Å². The number of rotatable bonds is 5. The highest BCUT2D eigenvalue weighted by molar-refractivity contribution is 5.83. The summed E-state index contributed by atoms with van der Waals surface area (Å²) in [7, 11) is 0. The Hall–Kier alpha value is -1.24. The Morgan fingerprint density at radius 3 is 2.36 bits per heavy atom. The Morgan fingerprint density at radius 2 is 1.93 bits per heavy atom. The first-order valence-corrected chi connectivity index (χ1v) is 3.91. The minimum absolute atomic E-state index is 0.286. The number of alkyl halides is 2. The van der Waals surface area contributed by atoms with Crippen LogP contribution in [0.1, 0.15) is 6.92 Å². The van der Waals surface area contributed by atoms with Gasteiger partial charge in [-0.3, -0.25) is 9.59 Å². The molecule has 1 atom stereocenters. The van der Waals surface area contributed by atoms with E-state index in [1.54, 1.807) is 0 Å². The molecule has 14 heavy (non-hydrogen) atoms. The van der Waals surface area contributed by atoms with Crippen LogP contribution in [0.2, 0.25) is 0 Å². The SMILES string of the molecule is CC(=O)NCC(=O)NCC(O)C(F)F. The average molecular weight is 210 g/mol. The highest BCUT2D eigenvalue weighted by atomic mass is 19.3. The summed E-state index contributed by atoms with van der Waals surface area (Å²) < 4.78 is 23.4. The molecule has 0 aromatic heterocycles. The van der Waals surface area contributed by atoms with Crippen molar-refractivity contribution in [3.05, 3.63) is 0 Å². The van der Waals surface area contributed by atoms with Crippen LogP contribution in [0.4, 0.5) is 8.78 Å². The third kappa shape index (κ3) is 6.30. The lowest BCUT2D eigenvalue weighted by Gasteiger charge is -2.10. The minimum atomic E-state index is -2.89. The molecule has 0 spiro atoms. The van der Waals surface area contributed by atoms with Crippen LogP contribution in [0, 0.1) is 0 Å². The first-order valence-electron chi connectivity index (χ1n) is 3.91. The molecule has 0 aliphatic carbocycles. The third-order valence-electron chi connectivity index (χ3n) is 1.30. The summed E-state index contributed by atoms with van der Waals surface area (Å²) in [4.78, 5) is 21.1. The number of aliphatic hydroxyl groups excluding tert-OH is 1. The zero-order valence-electron chi connectivity index (χ0n) is 7.59. The summed E-state index contributed by atoms with van der Waals surface area (Å²) in [6.07, 6.45) is -4.77. The lowest BCUT2D eigenvalue weighted by atomic mass is 10.3. The normalized spacial score (nSPS) is 12.4. The van der Waals surface area contributed by atoms with Crippen molar-refractivity contribution in [2.24, 2.45) is 0 Å². The first-order chi connectivity index (χ1) is 6.43. The summed E-state index contributed by atoms with van der Waals surface area (Å²) >= 11 is 0. The van der Waals surface area contributed by atoms with E-state index in [-0.39, 0.29) is 6.54 Å². The van der Waals surface area contributed by atoms with E-state index in [1.807, 2.05) is 5.32 Å². The molecule has 2 amide bonds.